The van der Waals surface area contributed by atoms with Crippen LogP contribution >= 0.6 is 0 Å². The second-order valence-electron chi connectivity index (χ2n) is 5.02. The standard InChI is InChI=1S/C14H18N4/c1-10(12-3-4-12)17-13-5-6-14(16-9-13)18-8-7-15-11(18)2/h5-10,12,17H,3-4H2,1-2H3. The van der Waals surface area contributed by atoms with Crippen molar-refractivity contribution >= 4 is 5.69 Å². The fourth-order valence-electron chi connectivity index (χ4n) is 2.21. The van der Waals surface area contributed by atoms with E-state index in [4.69, 9.17) is 0 Å². The third-order valence-corrected chi connectivity index (χ3v) is 3.54. The van der Waals surface area contributed by atoms with E-state index in [2.05, 4.69) is 28.3 Å². The summed E-state index contributed by atoms with van der Waals surface area (Å²) in [7, 11) is 0. The Morgan fingerprint density at radius 2 is 2.17 bits per heavy atom. The molecule has 0 amide bonds. The van der Waals surface area contributed by atoms with E-state index in [-0.39, 0.29) is 0 Å². The molecule has 4 heteroatoms. The average Bonchev–Trinajstić information content (AvgIpc) is 3.14. The van der Waals surface area contributed by atoms with Gasteiger partial charge in [0.25, 0.3) is 0 Å². The number of aryl methyl sites for hydroxylation is 1. The van der Waals surface area contributed by atoms with Crippen LogP contribution in [0.5, 0.6) is 0 Å². The number of anilines is 1. The summed E-state index contributed by atoms with van der Waals surface area (Å²) in [6.45, 7) is 4.22. The van der Waals surface area contributed by atoms with E-state index in [1.54, 1.807) is 6.20 Å². The SMILES string of the molecule is Cc1nccn1-c1ccc(NC(C)C2CC2)cn1. The summed E-state index contributed by atoms with van der Waals surface area (Å²) >= 11 is 0. The normalized spacial score (nSPS) is 16.6. The van der Waals surface area contributed by atoms with Crippen LogP contribution in [0.4, 0.5) is 5.69 Å². The van der Waals surface area contributed by atoms with Gasteiger partial charge in [-0.15, -0.1) is 0 Å². The molecule has 0 spiro atoms. The van der Waals surface area contributed by atoms with Crippen molar-refractivity contribution in [3.05, 3.63) is 36.5 Å². The van der Waals surface area contributed by atoms with Gasteiger partial charge < -0.3 is 5.32 Å². The molecule has 1 unspecified atom stereocenters. The lowest BCUT2D eigenvalue weighted by Crippen LogP contribution is -2.17. The first-order valence-electron chi connectivity index (χ1n) is 6.47. The Morgan fingerprint density at radius 1 is 1.33 bits per heavy atom. The highest BCUT2D eigenvalue weighted by atomic mass is 15.1. The molecule has 4 nitrogen and oxygen atoms in total. The van der Waals surface area contributed by atoms with Crippen molar-refractivity contribution in [1.29, 1.82) is 0 Å². The number of hydrogen-bond acceptors (Lipinski definition) is 3. The Balaban J connectivity index is 1.74. The van der Waals surface area contributed by atoms with Crippen LogP contribution in [0.25, 0.3) is 5.82 Å². The quantitative estimate of drug-likeness (QED) is 0.896. The van der Waals surface area contributed by atoms with Gasteiger partial charge in [-0.2, -0.15) is 0 Å². The minimum Gasteiger partial charge on any atom is -0.381 e. The Bertz CT molecular complexity index is 525. The highest BCUT2D eigenvalue weighted by molar-refractivity contribution is 5.44. The van der Waals surface area contributed by atoms with Gasteiger partial charge in [-0.25, -0.2) is 9.97 Å². The first-order chi connectivity index (χ1) is 8.74. The van der Waals surface area contributed by atoms with Crippen molar-refractivity contribution < 1.29 is 0 Å². The maximum absolute atomic E-state index is 4.48. The molecule has 0 saturated heterocycles. The average molecular weight is 242 g/mol. The Hall–Kier alpha value is -1.84. The predicted molar refractivity (Wildman–Crippen MR) is 71.9 cm³/mol. The van der Waals surface area contributed by atoms with Crippen LogP contribution in [-0.4, -0.2) is 20.6 Å². The summed E-state index contributed by atoms with van der Waals surface area (Å²) in [5, 5.41) is 3.50. The summed E-state index contributed by atoms with van der Waals surface area (Å²) < 4.78 is 1.98. The van der Waals surface area contributed by atoms with Gasteiger partial charge in [0.05, 0.1) is 11.9 Å². The van der Waals surface area contributed by atoms with Crippen LogP contribution in [-0.2, 0) is 0 Å². The van der Waals surface area contributed by atoms with Gasteiger partial charge in [-0.3, -0.25) is 4.57 Å². The molecule has 1 N–H and O–H groups in total. The molecule has 1 aliphatic carbocycles. The van der Waals surface area contributed by atoms with E-state index < -0.39 is 0 Å². The number of rotatable bonds is 4. The Morgan fingerprint density at radius 3 is 2.72 bits per heavy atom. The van der Waals surface area contributed by atoms with E-state index >= 15 is 0 Å². The lowest BCUT2D eigenvalue weighted by atomic mass is 10.2. The summed E-state index contributed by atoms with van der Waals surface area (Å²) in [6, 6.07) is 4.66. The first-order valence-corrected chi connectivity index (χ1v) is 6.47. The molecule has 1 saturated carbocycles. The number of pyridine rings is 1. The number of imidazole rings is 1. The number of nitrogens with zero attached hydrogens (tertiary/aromatic N) is 3. The zero-order valence-electron chi connectivity index (χ0n) is 10.8. The first kappa shape index (κ1) is 11.3. The minimum atomic E-state index is 0.549. The van der Waals surface area contributed by atoms with Crippen molar-refractivity contribution in [3.8, 4) is 5.82 Å². The highest BCUT2D eigenvalue weighted by Crippen LogP contribution is 2.33. The molecule has 2 heterocycles. The maximum Gasteiger partial charge on any atom is 0.138 e. The van der Waals surface area contributed by atoms with Gasteiger partial charge in [-0.1, -0.05) is 0 Å². The van der Waals surface area contributed by atoms with E-state index in [1.807, 2.05) is 30.0 Å². The molecular formula is C14H18N4. The minimum absolute atomic E-state index is 0.549. The highest BCUT2D eigenvalue weighted by Gasteiger charge is 2.27. The molecule has 0 radical (unpaired) electrons. The van der Waals surface area contributed by atoms with Crippen molar-refractivity contribution in [3.63, 3.8) is 0 Å². The Labute approximate surface area is 107 Å². The third kappa shape index (κ3) is 2.23. The van der Waals surface area contributed by atoms with Crippen LogP contribution in [0.1, 0.15) is 25.6 Å². The van der Waals surface area contributed by atoms with E-state index in [1.165, 1.54) is 12.8 Å². The number of aromatic nitrogens is 3. The van der Waals surface area contributed by atoms with E-state index in [9.17, 15) is 0 Å². The lowest BCUT2D eigenvalue weighted by molar-refractivity contribution is 0.693. The summed E-state index contributed by atoms with van der Waals surface area (Å²) in [4.78, 5) is 8.68. The molecule has 18 heavy (non-hydrogen) atoms. The van der Waals surface area contributed by atoms with Gasteiger partial charge in [0.2, 0.25) is 0 Å². The van der Waals surface area contributed by atoms with Gasteiger partial charge in [0.15, 0.2) is 0 Å². The number of hydrogen-bond donors (Lipinski definition) is 1. The summed E-state index contributed by atoms with van der Waals surface area (Å²) in [5.74, 6) is 2.71. The van der Waals surface area contributed by atoms with Crippen molar-refractivity contribution in [1.82, 2.24) is 14.5 Å². The van der Waals surface area contributed by atoms with Crippen molar-refractivity contribution in [2.75, 3.05) is 5.32 Å². The van der Waals surface area contributed by atoms with E-state index in [0.717, 1.165) is 23.2 Å². The van der Waals surface area contributed by atoms with Gasteiger partial charge in [0, 0.05) is 18.4 Å². The zero-order chi connectivity index (χ0) is 12.5. The van der Waals surface area contributed by atoms with Gasteiger partial charge in [-0.05, 0) is 44.7 Å². The molecule has 1 aliphatic rings. The number of nitrogens with one attached hydrogen (secondary N) is 1. The van der Waals surface area contributed by atoms with Crippen LogP contribution in [0, 0.1) is 12.8 Å². The van der Waals surface area contributed by atoms with Crippen LogP contribution in [0.3, 0.4) is 0 Å². The summed E-state index contributed by atoms with van der Waals surface area (Å²) in [6.07, 6.45) is 8.32. The fourth-order valence-corrected chi connectivity index (χ4v) is 2.21. The van der Waals surface area contributed by atoms with Crippen LogP contribution < -0.4 is 5.32 Å². The molecule has 3 rings (SSSR count). The second-order valence-corrected chi connectivity index (χ2v) is 5.02. The largest absolute Gasteiger partial charge is 0.381 e. The topological polar surface area (TPSA) is 42.7 Å². The molecule has 0 bridgehead atoms. The van der Waals surface area contributed by atoms with Gasteiger partial charge >= 0.3 is 0 Å². The summed E-state index contributed by atoms with van der Waals surface area (Å²) in [5.41, 5.74) is 1.09. The van der Waals surface area contributed by atoms with Crippen LogP contribution in [0.2, 0.25) is 0 Å². The van der Waals surface area contributed by atoms with E-state index in [0.29, 0.717) is 6.04 Å². The molecule has 0 aromatic carbocycles. The molecule has 2 aromatic heterocycles. The zero-order valence-corrected chi connectivity index (χ0v) is 10.8. The monoisotopic (exact) mass is 242 g/mol. The third-order valence-electron chi connectivity index (χ3n) is 3.54. The smallest absolute Gasteiger partial charge is 0.138 e. The van der Waals surface area contributed by atoms with Crippen LogP contribution in [0.15, 0.2) is 30.7 Å². The lowest BCUT2D eigenvalue weighted by Gasteiger charge is -2.14. The molecule has 94 valence electrons. The molecular weight excluding hydrogens is 224 g/mol. The molecule has 0 aliphatic heterocycles. The fraction of sp³-hybridized carbons (Fsp3) is 0.429. The predicted octanol–water partition coefficient (Wildman–Crippen LogP) is 2.79. The van der Waals surface area contributed by atoms with Crippen molar-refractivity contribution in [2.24, 2.45) is 5.92 Å². The maximum atomic E-state index is 4.48. The molecule has 1 atom stereocenters. The van der Waals surface area contributed by atoms with Crippen molar-refractivity contribution in [2.45, 2.75) is 32.7 Å². The molecule has 2 aromatic rings. The van der Waals surface area contributed by atoms with Gasteiger partial charge in [0.1, 0.15) is 11.6 Å². The second kappa shape index (κ2) is 4.44. The Kier molecular flexibility index (Phi) is 2.78. The molecule has 1 fully saturated rings.